The summed E-state index contributed by atoms with van der Waals surface area (Å²) in [5.41, 5.74) is 12.0. The van der Waals surface area contributed by atoms with Crippen molar-refractivity contribution < 1.29 is 0 Å². The van der Waals surface area contributed by atoms with Crippen LogP contribution in [0.1, 0.15) is 18.2 Å². The molecule has 5 heteroatoms. The zero-order valence-electron chi connectivity index (χ0n) is 14.1. The van der Waals surface area contributed by atoms with Crippen LogP contribution in [-0.4, -0.2) is 9.97 Å². The van der Waals surface area contributed by atoms with E-state index in [4.69, 9.17) is 10.7 Å². The minimum absolute atomic E-state index is 0.517. The molecule has 0 radical (unpaired) electrons. The molecule has 0 amide bonds. The van der Waals surface area contributed by atoms with Crippen LogP contribution in [0.25, 0.3) is 21.7 Å². The van der Waals surface area contributed by atoms with Gasteiger partial charge in [0.2, 0.25) is 0 Å². The highest BCUT2D eigenvalue weighted by Crippen LogP contribution is 2.40. The molecule has 0 bridgehead atoms. The number of aryl methyl sites for hydroxylation is 2. The lowest BCUT2D eigenvalue weighted by molar-refractivity contribution is 1.21. The number of nitrogens with zero attached hydrogens (tertiary/aromatic N) is 2. The number of allylic oxidation sites excluding steroid dienone is 1. The van der Waals surface area contributed by atoms with E-state index in [2.05, 4.69) is 42.0 Å². The molecule has 0 aliphatic rings. The van der Waals surface area contributed by atoms with E-state index in [1.54, 1.807) is 11.3 Å². The van der Waals surface area contributed by atoms with Crippen molar-refractivity contribution in [3.05, 3.63) is 59.9 Å². The highest BCUT2D eigenvalue weighted by atomic mass is 32.1. The summed E-state index contributed by atoms with van der Waals surface area (Å²) in [5, 5.41) is 4.04. The van der Waals surface area contributed by atoms with Crippen LogP contribution in [0.5, 0.6) is 0 Å². The van der Waals surface area contributed by atoms with Crippen molar-refractivity contribution >= 4 is 22.3 Å². The van der Waals surface area contributed by atoms with Crippen molar-refractivity contribution in [2.24, 2.45) is 0 Å². The molecule has 3 rings (SSSR count). The molecule has 0 aliphatic heterocycles. The van der Waals surface area contributed by atoms with E-state index in [9.17, 15) is 0 Å². The molecule has 2 aromatic heterocycles. The zero-order chi connectivity index (χ0) is 17.3. The number of nitrogen functional groups attached to an aromatic ring is 1. The molecule has 0 aliphatic carbocycles. The number of nitrogens with one attached hydrogen (secondary N) is 1. The summed E-state index contributed by atoms with van der Waals surface area (Å²) in [7, 11) is 0. The number of anilines is 2. The number of rotatable bonds is 4. The monoisotopic (exact) mass is 336 g/mol. The zero-order valence-corrected chi connectivity index (χ0v) is 14.9. The fourth-order valence-corrected chi connectivity index (χ4v) is 3.62. The minimum Gasteiger partial charge on any atom is -0.384 e. The fourth-order valence-electron chi connectivity index (χ4n) is 2.57. The van der Waals surface area contributed by atoms with Gasteiger partial charge in [-0.05, 0) is 44.5 Å². The van der Waals surface area contributed by atoms with E-state index in [0.29, 0.717) is 5.82 Å². The van der Waals surface area contributed by atoms with E-state index in [0.717, 1.165) is 38.2 Å². The van der Waals surface area contributed by atoms with E-state index in [1.807, 2.05) is 32.0 Å². The Hall–Kier alpha value is -2.66. The summed E-state index contributed by atoms with van der Waals surface area (Å²) in [5.74, 6) is 0.517. The summed E-state index contributed by atoms with van der Waals surface area (Å²) >= 11 is 1.59. The summed E-state index contributed by atoms with van der Waals surface area (Å²) in [6, 6.07) is 12.3. The van der Waals surface area contributed by atoms with Gasteiger partial charge in [-0.25, -0.2) is 9.97 Å². The number of thiazole rings is 1. The number of hydrogen-bond donors (Lipinski definition) is 2. The molecule has 3 N–H and O–H groups in total. The van der Waals surface area contributed by atoms with E-state index in [1.165, 1.54) is 5.56 Å². The van der Waals surface area contributed by atoms with Gasteiger partial charge in [0.05, 0.1) is 10.6 Å². The Morgan fingerprint density at radius 2 is 1.92 bits per heavy atom. The highest BCUT2D eigenvalue weighted by molar-refractivity contribution is 7.19. The molecule has 2 heterocycles. The Bertz CT molecular complexity index is 891. The van der Waals surface area contributed by atoms with E-state index >= 15 is 0 Å². The van der Waals surface area contributed by atoms with E-state index < -0.39 is 0 Å². The van der Waals surface area contributed by atoms with Crippen LogP contribution in [0, 0.1) is 13.8 Å². The van der Waals surface area contributed by atoms with Crippen LogP contribution in [0.2, 0.25) is 0 Å². The molecule has 0 saturated heterocycles. The average molecular weight is 336 g/mol. The first kappa shape index (κ1) is 16.2. The van der Waals surface area contributed by atoms with Crippen molar-refractivity contribution in [2.75, 3.05) is 11.1 Å². The van der Waals surface area contributed by atoms with Crippen molar-refractivity contribution in [1.29, 1.82) is 0 Å². The predicted octanol–water partition coefficient (Wildman–Crippen LogP) is 5.02. The second kappa shape index (κ2) is 6.45. The Morgan fingerprint density at radius 3 is 2.58 bits per heavy atom. The largest absolute Gasteiger partial charge is 0.384 e. The Morgan fingerprint density at radius 1 is 1.12 bits per heavy atom. The third kappa shape index (κ3) is 3.46. The lowest BCUT2D eigenvalue weighted by atomic mass is 10.0. The molecule has 0 atom stereocenters. The molecule has 24 heavy (non-hydrogen) atoms. The summed E-state index contributed by atoms with van der Waals surface area (Å²) < 4.78 is 0. The SMILES string of the molecule is C=C(C)Nc1nc(-c2cccc(C)c2)c(-c2cc(C)nc(N)c2)s1. The molecule has 122 valence electrons. The Labute approximate surface area is 146 Å². The number of hydrogen-bond acceptors (Lipinski definition) is 5. The quantitative estimate of drug-likeness (QED) is 0.702. The first-order chi connectivity index (χ1) is 11.4. The van der Waals surface area contributed by atoms with Gasteiger partial charge in [-0.2, -0.15) is 0 Å². The maximum absolute atomic E-state index is 5.94. The van der Waals surface area contributed by atoms with Gasteiger partial charge in [0.25, 0.3) is 0 Å². The average Bonchev–Trinajstić information content (AvgIpc) is 2.89. The first-order valence-corrected chi connectivity index (χ1v) is 8.49. The molecule has 0 spiro atoms. The second-order valence-corrected chi connectivity index (χ2v) is 6.89. The van der Waals surface area contributed by atoms with Crippen LogP contribution in [0.3, 0.4) is 0 Å². The van der Waals surface area contributed by atoms with Crippen LogP contribution < -0.4 is 11.1 Å². The van der Waals surface area contributed by atoms with Gasteiger partial charge in [-0.1, -0.05) is 41.7 Å². The topological polar surface area (TPSA) is 63.8 Å². The van der Waals surface area contributed by atoms with Crippen LogP contribution in [0.15, 0.2) is 48.7 Å². The molecule has 0 saturated carbocycles. The molecule has 4 nitrogen and oxygen atoms in total. The summed E-state index contributed by atoms with van der Waals surface area (Å²) in [4.78, 5) is 10.1. The molecular weight excluding hydrogens is 316 g/mol. The number of nitrogens with two attached hydrogens (primary N) is 1. The van der Waals surface area contributed by atoms with Crippen LogP contribution >= 0.6 is 11.3 Å². The second-order valence-electron chi connectivity index (χ2n) is 5.89. The van der Waals surface area contributed by atoms with Crippen molar-refractivity contribution in [2.45, 2.75) is 20.8 Å². The number of pyridine rings is 1. The third-order valence-corrected chi connectivity index (χ3v) is 4.49. The number of aromatic nitrogens is 2. The fraction of sp³-hybridized carbons (Fsp3) is 0.158. The summed E-state index contributed by atoms with van der Waals surface area (Å²) in [6.07, 6.45) is 0. The smallest absolute Gasteiger partial charge is 0.188 e. The van der Waals surface area contributed by atoms with Gasteiger partial charge in [0.1, 0.15) is 5.82 Å². The van der Waals surface area contributed by atoms with Crippen molar-refractivity contribution in [3.63, 3.8) is 0 Å². The first-order valence-electron chi connectivity index (χ1n) is 7.67. The molecule has 1 aromatic carbocycles. The summed E-state index contributed by atoms with van der Waals surface area (Å²) in [6.45, 7) is 9.85. The van der Waals surface area contributed by atoms with Gasteiger partial charge in [-0.15, -0.1) is 0 Å². The van der Waals surface area contributed by atoms with Crippen molar-refractivity contribution in [3.8, 4) is 21.7 Å². The van der Waals surface area contributed by atoms with E-state index in [-0.39, 0.29) is 0 Å². The van der Waals surface area contributed by atoms with Crippen molar-refractivity contribution in [1.82, 2.24) is 9.97 Å². The third-order valence-electron chi connectivity index (χ3n) is 3.47. The van der Waals surface area contributed by atoms with Gasteiger partial charge in [-0.3, -0.25) is 0 Å². The minimum atomic E-state index is 0.517. The molecule has 0 fully saturated rings. The number of benzene rings is 1. The Kier molecular flexibility index (Phi) is 4.36. The van der Waals surface area contributed by atoms with Crippen LogP contribution in [-0.2, 0) is 0 Å². The van der Waals surface area contributed by atoms with Gasteiger partial charge >= 0.3 is 0 Å². The van der Waals surface area contributed by atoms with Gasteiger partial charge < -0.3 is 11.1 Å². The van der Waals surface area contributed by atoms with Crippen LogP contribution in [0.4, 0.5) is 10.9 Å². The van der Waals surface area contributed by atoms with Gasteiger partial charge in [0, 0.05) is 17.0 Å². The van der Waals surface area contributed by atoms with Gasteiger partial charge in [0.15, 0.2) is 5.13 Å². The lowest BCUT2D eigenvalue weighted by Gasteiger charge is -2.05. The molecule has 0 unspecified atom stereocenters. The maximum Gasteiger partial charge on any atom is 0.188 e. The normalized spacial score (nSPS) is 10.6. The highest BCUT2D eigenvalue weighted by Gasteiger charge is 2.16. The standard InChI is InChI=1S/C19H20N4S/c1-11(2)21-19-23-17(14-7-5-6-12(3)8-14)18(24-19)15-9-13(4)22-16(20)10-15/h5-10H,1H2,2-4H3,(H2,20,22)(H,21,23). The Balaban J connectivity index is 2.19. The lowest BCUT2D eigenvalue weighted by Crippen LogP contribution is -1.93. The maximum atomic E-state index is 5.94. The predicted molar refractivity (Wildman–Crippen MR) is 103 cm³/mol. The molecular formula is C19H20N4S. The molecule has 3 aromatic rings.